The molecule has 32 heavy (non-hydrogen) atoms. The van der Waals surface area contributed by atoms with Crippen LogP contribution in [0.4, 0.5) is 5.69 Å². The van der Waals surface area contributed by atoms with Crippen LogP contribution in [-0.2, 0) is 22.6 Å². The van der Waals surface area contributed by atoms with E-state index in [2.05, 4.69) is 10.3 Å². The highest BCUT2D eigenvalue weighted by Crippen LogP contribution is 2.16. The van der Waals surface area contributed by atoms with Crippen LogP contribution in [0.15, 0.2) is 70.4 Å². The van der Waals surface area contributed by atoms with Crippen molar-refractivity contribution in [1.29, 1.82) is 0 Å². The summed E-state index contributed by atoms with van der Waals surface area (Å²) >= 11 is 0. The monoisotopic (exact) mass is 434 g/mol. The Kier molecular flexibility index (Phi) is 7.04. The number of nitrogens with one attached hydrogen (secondary N) is 2. The number of H-pyrrole nitrogens is 1. The average molecular weight is 434 g/mol. The van der Waals surface area contributed by atoms with E-state index in [9.17, 15) is 19.2 Å². The summed E-state index contributed by atoms with van der Waals surface area (Å²) in [6.45, 7) is 3.19. The molecule has 0 saturated heterocycles. The molecule has 0 fully saturated rings. The molecule has 3 rings (SSSR count). The van der Waals surface area contributed by atoms with Gasteiger partial charge in [-0.3, -0.25) is 23.9 Å². The van der Waals surface area contributed by atoms with E-state index in [4.69, 9.17) is 0 Å². The molecule has 2 aromatic carbocycles. The first kappa shape index (κ1) is 22.7. The number of aromatic nitrogens is 2. The lowest BCUT2D eigenvalue weighted by Crippen LogP contribution is -2.50. The number of anilines is 1. The minimum absolute atomic E-state index is 0.281. The molecule has 1 atom stereocenters. The van der Waals surface area contributed by atoms with Gasteiger partial charge in [0.05, 0.1) is 0 Å². The predicted octanol–water partition coefficient (Wildman–Crippen LogP) is 1.54. The van der Waals surface area contributed by atoms with Crippen LogP contribution >= 0.6 is 0 Å². The number of aryl methyl sites for hydroxylation is 2. The molecule has 0 unspecified atom stereocenters. The van der Waals surface area contributed by atoms with Gasteiger partial charge < -0.3 is 10.2 Å². The van der Waals surface area contributed by atoms with E-state index in [1.807, 2.05) is 61.5 Å². The number of aromatic amines is 1. The van der Waals surface area contributed by atoms with Gasteiger partial charge in [-0.1, -0.05) is 48.0 Å². The quantitative estimate of drug-likeness (QED) is 0.589. The van der Waals surface area contributed by atoms with Gasteiger partial charge in [-0.2, -0.15) is 0 Å². The number of likely N-dealkylation sites (N-methyl/N-ethyl adjacent to an activating group) is 1. The Hall–Kier alpha value is -3.94. The smallest absolute Gasteiger partial charge is 0.328 e. The molecule has 166 valence electrons. The van der Waals surface area contributed by atoms with Crippen LogP contribution in [0, 0.1) is 13.8 Å². The number of hydrogen-bond acceptors (Lipinski definition) is 4. The summed E-state index contributed by atoms with van der Waals surface area (Å²) in [5, 5.41) is 2.76. The summed E-state index contributed by atoms with van der Waals surface area (Å²) in [6, 6.07) is 16.1. The number of amides is 2. The van der Waals surface area contributed by atoms with Crippen LogP contribution in [0.2, 0.25) is 0 Å². The zero-order valence-electron chi connectivity index (χ0n) is 18.3. The van der Waals surface area contributed by atoms with Gasteiger partial charge in [0.15, 0.2) is 0 Å². The fraction of sp³-hybridized carbons (Fsp3) is 0.250. The van der Waals surface area contributed by atoms with Crippen molar-refractivity contribution in [1.82, 2.24) is 14.9 Å². The van der Waals surface area contributed by atoms with Crippen LogP contribution in [0.25, 0.3) is 0 Å². The first-order chi connectivity index (χ1) is 15.2. The first-order valence-electron chi connectivity index (χ1n) is 10.2. The van der Waals surface area contributed by atoms with Gasteiger partial charge in [-0.15, -0.1) is 0 Å². The van der Waals surface area contributed by atoms with E-state index in [0.717, 1.165) is 15.7 Å². The Morgan fingerprint density at radius 2 is 1.69 bits per heavy atom. The molecule has 0 aliphatic rings. The van der Waals surface area contributed by atoms with Crippen molar-refractivity contribution >= 4 is 17.5 Å². The highest BCUT2D eigenvalue weighted by molar-refractivity contribution is 5.99. The zero-order chi connectivity index (χ0) is 23.3. The molecule has 0 aliphatic carbocycles. The highest BCUT2D eigenvalue weighted by atomic mass is 16.2. The van der Waals surface area contributed by atoms with Crippen molar-refractivity contribution in [2.75, 3.05) is 11.9 Å². The summed E-state index contributed by atoms with van der Waals surface area (Å²) in [5.41, 5.74) is 1.81. The second-order valence-electron chi connectivity index (χ2n) is 7.74. The molecule has 8 heteroatoms. The molecule has 2 N–H and O–H groups in total. The fourth-order valence-corrected chi connectivity index (χ4v) is 3.31. The zero-order valence-corrected chi connectivity index (χ0v) is 18.3. The van der Waals surface area contributed by atoms with E-state index < -0.39 is 23.2 Å². The van der Waals surface area contributed by atoms with E-state index in [1.54, 1.807) is 14.0 Å². The molecular weight excluding hydrogens is 408 g/mol. The lowest BCUT2D eigenvalue weighted by Gasteiger charge is -2.25. The molecular formula is C24H26N4O4. The standard InChI is InChI=1S/C24H26N4O4/c1-16-9-11-19(12-10-16)27(3)23(31)20(13-18-7-5-4-6-8-18)25-21(29)15-28-14-17(2)22(30)26-24(28)32/h4-12,14,20H,13,15H2,1-3H3,(H,25,29)(H,26,30,32)/t20-/m0/s1. The number of carbonyl (C=O) groups is 2. The molecule has 0 saturated carbocycles. The number of nitrogens with zero attached hydrogens (tertiary/aromatic N) is 2. The SMILES string of the molecule is Cc1ccc(N(C)C(=O)[C@H](Cc2ccccc2)NC(=O)Cn2cc(C)c(=O)[nH]c2=O)cc1. The van der Waals surface area contributed by atoms with E-state index >= 15 is 0 Å². The van der Waals surface area contributed by atoms with E-state index in [1.165, 1.54) is 11.1 Å². The van der Waals surface area contributed by atoms with Gasteiger partial charge in [0.1, 0.15) is 12.6 Å². The third-order valence-corrected chi connectivity index (χ3v) is 5.17. The van der Waals surface area contributed by atoms with Gasteiger partial charge >= 0.3 is 5.69 Å². The van der Waals surface area contributed by atoms with Crippen molar-refractivity contribution < 1.29 is 9.59 Å². The maximum absolute atomic E-state index is 13.3. The Morgan fingerprint density at radius 3 is 2.34 bits per heavy atom. The van der Waals surface area contributed by atoms with Gasteiger partial charge in [0.25, 0.3) is 5.56 Å². The largest absolute Gasteiger partial charge is 0.342 e. The Morgan fingerprint density at radius 1 is 1.03 bits per heavy atom. The average Bonchev–Trinajstić information content (AvgIpc) is 2.77. The third kappa shape index (κ3) is 5.60. The molecule has 0 bridgehead atoms. The summed E-state index contributed by atoms with van der Waals surface area (Å²) in [5.74, 6) is -0.791. The number of hydrogen-bond donors (Lipinski definition) is 2. The maximum Gasteiger partial charge on any atom is 0.328 e. The van der Waals surface area contributed by atoms with Crippen molar-refractivity contribution in [2.24, 2.45) is 0 Å². The van der Waals surface area contributed by atoms with Gasteiger partial charge in [0.2, 0.25) is 11.8 Å². The third-order valence-electron chi connectivity index (χ3n) is 5.17. The van der Waals surface area contributed by atoms with Crippen LogP contribution < -0.4 is 21.5 Å². The summed E-state index contributed by atoms with van der Waals surface area (Å²) in [4.78, 5) is 53.3. The van der Waals surface area contributed by atoms with E-state index in [0.29, 0.717) is 17.7 Å². The lowest BCUT2D eigenvalue weighted by atomic mass is 10.0. The highest BCUT2D eigenvalue weighted by Gasteiger charge is 2.25. The summed E-state index contributed by atoms with van der Waals surface area (Å²) in [7, 11) is 1.66. The molecule has 0 aliphatic heterocycles. The Balaban J connectivity index is 1.82. The topological polar surface area (TPSA) is 104 Å². The van der Waals surface area contributed by atoms with Crippen molar-refractivity contribution in [3.63, 3.8) is 0 Å². The normalized spacial score (nSPS) is 11.6. The second kappa shape index (κ2) is 9.91. The van der Waals surface area contributed by atoms with Crippen molar-refractivity contribution in [3.8, 4) is 0 Å². The fourth-order valence-electron chi connectivity index (χ4n) is 3.31. The second-order valence-corrected chi connectivity index (χ2v) is 7.74. The minimum Gasteiger partial charge on any atom is -0.342 e. The molecule has 1 heterocycles. The van der Waals surface area contributed by atoms with E-state index in [-0.39, 0.29) is 12.5 Å². The molecule has 0 radical (unpaired) electrons. The molecule has 3 aromatic rings. The van der Waals surface area contributed by atoms with Gasteiger partial charge in [-0.25, -0.2) is 4.79 Å². The molecule has 0 spiro atoms. The van der Waals surface area contributed by atoms with Crippen molar-refractivity contribution in [2.45, 2.75) is 32.9 Å². The molecule has 8 nitrogen and oxygen atoms in total. The van der Waals surface area contributed by atoms with Gasteiger partial charge in [0, 0.05) is 30.9 Å². The summed E-state index contributed by atoms with van der Waals surface area (Å²) in [6.07, 6.45) is 1.62. The summed E-state index contributed by atoms with van der Waals surface area (Å²) < 4.78 is 1.11. The Labute approximate surface area is 185 Å². The van der Waals surface area contributed by atoms with Crippen LogP contribution in [0.3, 0.4) is 0 Å². The lowest BCUT2D eigenvalue weighted by molar-refractivity contribution is -0.127. The molecule has 2 amide bonds. The number of benzene rings is 2. The van der Waals surface area contributed by atoms with Crippen molar-refractivity contribution in [3.05, 3.63) is 98.3 Å². The first-order valence-corrected chi connectivity index (χ1v) is 10.2. The Bertz CT molecular complexity index is 1210. The number of carbonyl (C=O) groups excluding carboxylic acids is 2. The molecule has 1 aromatic heterocycles. The maximum atomic E-state index is 13.3. The van der Waals surface area contributed by atoms with Crippen LogP contribution in [0.1, 0.15) is 16.7 Å². The van der Waals surface area contributed by atoms with Gasteiger partial charge in [-0.05, 0) is 31.5 Å². The van der Waals surface area contributed by atoms with Crippen LogP contribution in [0.5, 0.6) is 0 Å². The predicted molar refractivity (Wildman–Crippen MR) is 123 cm³/mol. The van der Waals surface area contributed by atoms with Crippen LogP contribution in [-0.4, -0.2) is 34.5 Å². The number of rotatable bonds is 7. The minimum atomic E-state index is -0.837.